The SMILES string of the molecule is CCCNc1nc(C)nc2c1cnn2C(C)C. The van der Waals surface area contributed by atoms with Crippen LogP contribution in [-0.4, -0.2) is 26.3 Å². The summed E-state index contributed by atoms with van der Waals surface area (Å²) < 4.78 is 1.93. The van der Waals surface area contributed by atoms with Crippen molar-refractivity contribution in [1.29, 1.82) is 0 Å². The second-order valence-corrected chi connectivity index (χ2v) is 4.47. The molecule has 0 fully saturated rings. The van der Waals surface area contributed by atoms with Crippen molar-refractivity contribution in [3.8, 4) is 0 Å². The van der Waals surface area contributed by atoms with Gasteiger partial charge in [-0.1, -0.05) is 6.92 Å². The predicted molar refractivity (Wildman–Crippen MR) is 69.2 cm³/mol. The number of anilines is 1. The minimum atomic E-state index is 0.306. The van der Waals surface area contributed by atoms with Gasteiger partial charge in [0.05, 0.1) is 11.6 Å². The van der Waals surface area contributed by atoms with Crippen LogP contribution in [0.1, 0.15) is 39.1 Å². The average molecular weight is 233 g/mol. The standard InChI is InChI=1S/C12H19N5/c1-5-6-13-11-10-7-14-17(8(2)3)12(10)16-9(4)15-11/h7-8H,5-6H2,1-4H3,(H,13,15,16). The lowest BCUT2D eigenvalue weighted by Gasteiger charge is -2.09. The van der Waals surface area contributed by atoms with E-state index in [0.29, 0.717) is 6.04 Å². The summed E-state index contributed by atoms with van der Waals surface area (Å²) in [5.41, 5.74) is 0.908. The first-order valence-corrected chi connectivity index (χ1v) is 6.09. The first-order chi connectivity index (χ1) is 8.13. The molecule has 0 amide bonds. The zero-order chi connectivity index (χ0) is 12.4. The van der Waals surface area contributed by atoms with E-state index in [4.69, 9.17) is 0 Å². The fourth-order valence-electron chi connectivity index (χ4n) is 1.79. The third kappa shape index (κ3) is 2.23. The normalized spacial score (nSPS) is 11.4. The molecule has 1 N–H and O–H groups in total. The minimum Gasteiger partial charge on any atom is -0.369 e. The number of nitrogens with one attached hydrogen (secondary N) is 1. The summed E-state index contributed by atoms with van der Waals surface area (Å²) in [6.45, 7) is 9.16. The molecule has 0 aliphatic heterocycles. The van der Waals surface area contributed by atoms with E-state index in [1.165, 1.54) is 0 Å². The lowest BCUT2D eigenvalue weighted by molar-refractivity contribution is 0.546. The number of hydrogen-bond donors (Lipinski definition) is 1. The molecule has 5 nitrogen and oxygen atoms in total. The van der Waals surface area contributed by atoms with Gasteiger partial charge in [-0.15, -0.1) is 0 Å². The molecule has 17 heavy (non-hydrogen) atoms. The van der Waals surface area contributed by atoms with E-state index >= 15 is 0 Å². The molecule has 2 rings (SSSR count). The van der Waals surface area contributed by atoms with E-state index in [9.17, 15) is 0 Å². The summed E-state index contributed by atoms with van der Waals surface area (Å²) in [5, 5.41) is 8.70. The van der Waals surface area contributed by atoms with Gasteiger partial charge in [0.2, 0.25) is 0 Å². The molecule has 2 aromatic heterocycles. The van der Waals surface area contributed by atoms with E-state index in [2.05, 4.69) is 41.2 Å². The van der Waals surface area contributed by atoms with Crippen molar-refractivity contribution < 1.29 is 0 Å². The van der Waals surface area contributed by atoms with Gasteiger partial charge in [0.15, 0.2) is 5.65 Å². The first kappa shape index (κ1) is 11.8. The van der Waals surface area contributed by atoms with Gasteiger partial charge in [0, 0.05) is 12.6 Å². The van der Waals surface area contributed by atoms with Gasteiger partial charge < -0.3 is 5.32 Å². The molecule has 0 saturated heterocycles. The summed E-state index contributed by atoms with van der Waals surface area (Å²) in [6, 6.07) is 0.306. The van der Waals surface area contributed by atoms with Gasteiger partial charge >= 0.3 is 0 Å². The number of fused-ring (bicyclic) bond motifs is 1. The molecule has 0 aromatic carbocycles. The summed E-state index contributed by atoms with van der Waals surface area (Å²) in [5.74, 6) is 1.67. The van der Waals surface area contributed by atoms with Crippen molar-refractivity contribution in [3.05, 3.63) is 12.0 Å². The van der Waals surface area contributed by atoms with Gasteiger partial charge in [0.25, 0.3) is 0 Å². The highest BCUT2D eigenvalue weighted by molar-refractivity contribution is 5.86. The highest BCUT2D eigenvalue weighted by Gasteiger charge is 2.12. The van der Waals surface area contributed by atoms with E-state index in [1.807, 2.05) is 17.8 Å². The molecule has 2 heterocycles. The smallest absolute Gasteiger partial charge is 0.163 e. The summed E-state index contributed by atoms with van der Waals surface area (Å²) in [7, 11) is 0. The van der Waals surface area contributed by atoms with E-state index in [1.54, 1.807) is 0 Å². The Kier molecular flexibility index (Phi) is 3.26. The molecule has 0 radical (unpaired) electrons. The monoisotopic (exact) mass is 233 g/mol. The molecule has 0 atom stereocenters. The van der Waals surface area contributed by atoms with Crippen LogP contribution in [0, 0.1) is 6.92 Å². The van der Waals surface area contributed by atoms with Crippen LogP contribution in [0.15, 0.2) is 6.20 Å². The number of rotatable bonds is 4. The molecule has 5 heteroatoms. The Hall–Kier alpha value is -1.65. The van der Waals surface area contributed by atoms with E-state index in [0.717, 1.165) is 35.6 Å². The van der Waals surface area contributed by atoms with Crippen molar-refractivity contribution in [1.82, 2.24) is 19.7 Å². The third-order valence-electron chi connectivity index (χ3n) is 2.60. The highest BCUT2D eigenvalue weighted by Crippen LogP contribution is 2.22. The van der Waals surface area contributed by atoms with Crippen molar-refractivity contribution in [2.75, 3.05) is 11.9 Å². The van der Waals surface area contributed by atoms with Crippen LogP contribution in [0.25, 0.3) is 11.0 Å². The van der Waals surface area contributed by atoms with Crippen LogP contribution in [-0.2, 0) is 0 Å². The van der Waals surface area contributed by atoms with Gasteiger partial charge in [-0.3, -0.25) is 0 Å². The highest BCUT2D eigenvalue weighted by atomic mass is 15.3. The summed E-state index contributed by atoms with van der Waals surface area (Å²) >= 11 is 0. The van der Waals surface area contributed by atoms with E-state index in [-0.39, 0.29) is 0 Å². The predicted octanol–water partition coefficient (Wildman–Crippen LogP) is 2.54. The number of aryl methyl sites for hydroxylation is 1. The number of aromatic nitrogens is 4. The molecular weight excluding hydrogens is 214 g/mol. The molecule has 0 saturated carbocycles. The van der Waals surface area contributed by atoms with Crippen molar-refractivity contribution in [3.63, 3.8) is 0 Å². The molecular formula is C12H19N5. The summed E-state index contributed by atoms with van der Waals surface area (Å²) in [6.07, 6.45) is 2.91. The maximum atomic E-state index is 4.47. The quantitative estimate of drug-likeness (QED) is 0.881. The maximum Gasteiger partial charge on any atom is 0.163 e. The molecule has 0 aliphatic rings. The Balaban J connectivity index is 2.53. The Labute approximate surface area is 101 Å². The Bertz CT molecular complexity index is 515. The Morgan fingerprint density at radius 3 is 2.76 bits per heavy atom. The molecule has 0 aliphatic carbocycles. The average Bonchev–Trinajstić information content (AvgIpc) is 2.69. The molecule has 0 unspecified atom stereocenters. The van der Waals surface area contributed by atoms with Crippen LogP contribution in [0.4, 0.5) is 5.82 Å². The van der Waals surface area contributed by atoms with Crippen molar-refractivity contribution >= 4 is 16.9 Å². The first-order valence-electron chi connectivity index (χ1n) is 6.09. The number of nitrogens with zero attached hydrogens (tertiary/aromatic N) is 4. The molecule has 2 aromatic rings. The Morgan fingerprint density at radius 2 is 2.12 bits per heavy atom. The Morgan fingerprint density at radius 1 is 1.35 bits per heavy atom. The van der Waals surface area contributed by atoms with E-state index < -0.39 is 0 Å². The van der Waals surface area contributed by atoms with Gasteiger partial charge in [0.1, 0.15) is 11.6 Å². The second kappa shape index (κ2) is 4.69. The fourth-order valence-corrected chi connectivity index (χ4v) is 1.79. The van der Waals surface area contributed by atoms with Crippen LogP contribution in [0.5, 0.6) is 0 Å². The van der Waals surface area contributed by atoms with Crippen LogP contribution < -0.4 is 5.32 Å². The lowest BCUT2D eigenvalue weighted by Crippen LogP contribution is -2.07. The van der Waals surface area contributed by atoms with Crippen molar-refractivity contribution in [2.24, 2.45) is 0 Å². The van der Waals surface area contributed by atoms with Gasteiger partial charge in [-0.05, 0) is 27.2 Å². The largest absolute Gasteiger partial charge is 0.369 e. The third-order valence-corrected chi connectivity index (χ3v) is 2.60. The zero-order valence-electron chi connectivity index (χ0n) is 10.9. The maximum absolute atomic E-state index is 4.47. The summed E-state index contributed by atoms with van der Waals surface area (Å²) in [4.78, 5) is 8.91. The fraction of sp³-hybridized carbons (Fsp3) is 0.583. The zero-order valence-corrected chi connectivity index (χ0v) is 10.9. The van der Waals surface area contributed by atoms with Crippen LogP contribution >= 0.6 is 0 Å². The minimum absolute atomic E-state index is 0.306. The second-order valence-electron chi connectivity index (χ2n) is 4.47. The molecule has 0 bridgehead atoms. The van der Waals surface area contributed by atoms with Gasteiger partial charge in [-0.25, -0.2) is 14.6 Å². The lowest BCUT2D eigenvalue weighted by atomic mass is 10.3. The van der Waals surface area contributed by atoms with Crippen LogP contribution in [0.2, 0.25) is 0 Å². The van der Waals surface area contributed by atoms with Crippen LogP contribution in [0.3, 0.4) is 0 Å². The van der Waals surface area contributed by atoms with Crippen molar-refractivity contribution in [2.45, 2.75) is 40.2 Å². The molecule has 92 valence electrons. The van der Waals surface area contributed by atoms with Gasteiger partial charge in [-0.2, -0.15) is 5.10 Å². The molecule has 0 spiro atoms. The number of hydrogen-bond acceptors (Lipinski definition) is 4. The topological polar surface area (TPSA) is 55.6 Å².